The molecule has 0 spiro atoms. The van der Waals surface area contributed by atoms with Gasteiger partial charge in [-0.1, -0.05) is 20.3 Å². The first-order chi connectivity index (χ1) is 6.20. The summed E-state index contributed by atoms with van der Waals surface area (Å²) >= 11 is 0. The van der Waals surface area contributed by atoms with Gasteiger partial charge in [0, 0.05) is 19.1 Å². The van der Waals surface area contributed by atoms with Crippen LogP contribution in [0.3, 0.4) is 0 Å². The molecular weight excluding hydrogens is 166 g/mol. The molecule has 0 aromatic carbocycles. The molecule has 0 heterocycles. The maximum Gasteiger partial charge on any atom is 0.160 e. The quantitative estimate of drug-likeness (QED) is 0.586. The summed E-state index contributed by atoms with van der Waals surface area (Å²) in [6.45, 7) is 4.98. The number of carbonyl (C=O) groups excluding carboxylic acids is 1. The molecule has 0 aliphatic heterocycles. The smallest absolute Gasteiger partial charge is 0.160 e. The van der Waals surface area contributed by atoms with Crippen molar-refractivity contribution in [2.24, 2.45) is 5.73 Å². The van der Waals surface area contributed by atoms with Crippen molar-refractivity contribution in [1.29, 1.82) is 0 Å². The van der Waals surface area contributed by atoms with Gasteiger partial charge in [-0.3, -0.25) is 4.79 Å². The lowest BCUT2D eigenvalue weighted by molar-refractivity contribution is -0.123. The molecule has 0 rings (SSSR count). The van der Waals surface area contributed by atoms with E-state index in [4.69, 9.17) is 10.5 Å². The second-order valence-corrected chi connectivity index (χ2v) is 3.34. The Hall–Kier alpha value is -0.410. The number of nitrogens with two attached hydrogens (primary N) is 1. The summed E-state index contributed by atoms with van der Waals surface area (Å²) in [5.74, 6) is 0.120. The fourth-order valence-corrected chi connectivity index (χ4v) is 1.15. The van der Waals surface area contributed by atoms with Gasteiger partial charge >= 0.3 is 0 Å². The molecule has 0 radical (unpaired) electrons. The van der Waals surface area contributed by atoms with Crippen LogP contribution in [0.1, 0.15) is 39.5 Å². The first-order valence-electron chi connectivity index (χ1n) is 5.05. The summed E-state index contributed by atoms with van der Waals surface area (Å²) < 4.78 is 5.12. The normalized spacial score (nSPS) is 12.8. The third kappa shape index (κ3) is 7.94. The van der Waals surface area contributed by atoms with Gasteiger partial charge in [0.2, 0.25) is 0 Å². The zero-order chi connectivity index (χ0) is 10.1. The highest BCUT2D eigenvalue weighted by Crippen LogP contribution is 1.99. The summed E-state index contributed by atoms with van der Waals surface area (Å²) in [4.78, 5) is 11.2. The van der Waals surface area contributed by atoms with Crippen LogP contribution in [0.25, 0.3) is 0 Å². The molecule has 13 heavy (non-hydrogen) atoms. The van der Waals surface area contributed by atoms with Gasteiger partial charge in [-0.05, 0) is 12.8 Å². The van der Waals surface area contributed by atoms with Crippen molar-refractivity contribution in [3.05, 3.63) is 0 Å². The molecule has 1 unspecified atom stereocenters. The number of carbonyl (C=O) groups is 1. The van der Waals surface area contributed by atoms with Crippen molar-refractivity contribution in [3.8, 4) is 0 Å². The van der Waals surface area contributed by atoms with Crippen LogP contribution in [0.15, 0.2) is 0 Å². The Morgan fingerprint density at radius 3 is 2.62 bits per heavy atom. The number of ketones is 1. The van der Waals surface area contributed by atoms with Crippen molar-refractivity contribution in [1.82, 2.24) is 0 Å². The highest BCUT2D eigenvalue weighted by atomic mass is 16.5. The maximum absolute atomic E-state index is 11.2. The molecule has 0 aliphatic rings. The summed E-state index contributed by atoms with van der Waals surface area (Å²) in [6, 6.07) is 0.0164. The van der Waals surface area contributed by atoms with E-state index in [2.05, 4.69) is 6.92 Å². The van der Waals surface area contributed by atoms with Gasteiger partial charge in [0.15, 0.2) is 5.78 Å². The summed E-state index contributed by atoms with van der Waals surface area (Å²) in [5, 5.41) is 0. The molecule has 2 N–H and O–H groups in total. The van der Waals surface area contributed by atoms with Crippen LogP contribution < -0.4 is 5.73 Å². The van der Waals surface area contributed by atoms with Crippen LogP contribution in [0.4, 0.5) is 0 Å². The summed E-state index contributed by atoms with van der Waals surface area (Å²) in [6.07, 6.45) is 3.36. The summed E-state index contributed by atoms with van der Waals surface area (Å²) in [5.41, 5.74) is 5.71. The molecule has 0 amide bonds. The minimum Gasteiger partial charge on any atom is -0.374 e. The van der Waals surface area contributed by atoms with Gasteiger partial charge in [0.1, 0.15) is 6.61 Å². The average molecular weight is 187 g/mol. The zero-order valence-corrected chi connectivity index (χ0v) is 8.71. The van der Waals surface area contributed by atoms with E-state index in [1.807, 2.05) is 6.92 Å². The van der Waals surface area contributed by atoms with Gasteiger partial charge in [-0.2, -0.15) is 0 Å². The molecule has 0 aliphatic carbocycles. The van der Waals surface area contributed by atoms with Crippen molar-refractivity contribution in [2.75, 3.05) is 13.2 Å². The van der Waals surface area contributed by atoms with E-state index in [1.54, 1.807) is 0 Å². The maximum atomic E-state index is 11.2. The van der Waals surface area contributed by atoms with Crippen LogP contribution in [-0.4, -0.2) is 25.0 Å². The Bertz CT molecular complexity index is 137. The topological polar surface area (TPSA) is 52.3 Å². The third-order valence-corrected chi connectivity index (χ3v) is 1.76. The SMILES string of the molecule is CCCOCC(=O)CC(N)CCC. The van der Waals surface area contributed by atoms with Crippen molar-refractivity contribution in [2.45, 2.75) is 45.6 Å². The highest BCUT2D eigenvalue weighted by Gasteiger charge is 2.08. The van der Waals surface area contributed by atoms with E-state index in [1.165, 1.54) is 0 Å². The number of ether oxygens (including phenoxy) is 1. The van der Waals surface area contributed by atoms with Gasteiger partial charge < -0.3 is 10.5 Å². The lowest BCUT2D eigenvalue weighted by atomic mass is 10.1. The van der Waals surface area contributed by atoms with Gasteiger partial charge in [-0.25, -0.2) is 0 Å². The lowest BCUT2D eigenvalue weighted by Crippen LogP contribution is -2.25. The largest absolute Gasteiger partial charge is 0.374 e. The van der Waals surface area contributed by atoms with Crippen LogP contribution >= 0.6 is 0 Å². The van der Waals surface area contributed by atoms with E-state index in [0.717, 1.165) is 19.3 Å². The second kappa shape index (κ2) is 8.20. The van der Waals surface area contributed by atoms with Gasteiger partial charge in [-0.15, -0.1) is 0 Å². The van der Waals surface area contributed by atoms with Crippen LogP contribution in [0.2, 0.25) is 0 Å². The number of hydrogen-bond donors (Lipinski definition) is 1. The average Bonchev–Trinajstić information content (AvgIpc) is 2.05. The molecular formula is C10H21NO2. The van der Waals surface area contributed by atoms with E-state index < -0.39 is 0 Å². The number of Topliss-reactive ketones (excluding diaryl/α,β-unsaturated/α-hetero) is 1. The molecule has 0 saturated carbocycles. The predicted octanol–water partition coefficient (Wildman–Crippen LogP) is 1.50. The Balaban J connectivity index is 3.38. The first-order valence-corrected chi connectivity index (χ1v) is 5.05. The highest BCUT2D eigenvalue weighted by molar-refractivity contribution is 5.80. The minimum atomic E-state index is 0.0164. The standard InChI is InChI=1S/C10H21NO2/c1-3-5-9(11)7-10(12)8-13-6-4-2/h9H,3-8,11H2,1-2H3. The zero-order valence-electron chi connectivity index (χ0n) is 8.71. The molecule has 3 heteroatoms. The Labute approximate surface area is 80.6 Å². The van der Waals surface area contributed by atoms with E-state index >= 15 is 0 Å². The van der Waals surface area contributed by atoms with Crippen molar-refractivity contribution >= 4 is 5.78 Å². The molecule has 0 aromatic heterocycles. The van der Waals surface area contributed by atoms with Crippen molar-refractivity contribution in [3.63, 3.8) is 0 Å². The van der Waals surface area contributed by atoms with Crippen molar-refractivity contribution < 1.29 is 9.53 Å². The first kappa shape index (κ1) is 12.6. The Morgan fingerprint density at radius 2 is 2.08 bits per heavy atom. The van der Waals surface area contributed by atoms with Crippen LogP contribution in [0.5, 0.6) is 0 Å². The molecule has 0 aromatic rings. The molecule has 0 saturated heterocycles. The molecule has 0 fully saturated rings. The van der Waals surface area contributed by atoms with Gasteiger partial charge in [0.05, 0.1) is 0 Å². The molecule has 0 bridgehead atoms. The van der Waals surface area contributed by atoms with E-state index in [9.17, 15) is 4.79 Å². The third-order valence-electron chi connectivity index (χ3n) is 1.76. The Kier molecular flexibility index (Phi) is 7.94. The summed E-state index contributed by atoms with van der Waals surface area (Å²) in [7, 11) is 0. The fraction of sp³-hybridized carbons (Fsp3) is 0.900. The minimum absolute atomic E-state index is 0.0164. The second-order valence-electron chi connectivity index (χ2n) is 3.34. The number of rotatable bonds is 8. The van der Waals surface area contributed by atoms with E-state index in [0.29, 0.717) is 13.0 Å². The molecule has 3 nitrogen and oxygen atoms in total. The van der Waals surface area contributed by atoms with Crippen LogP contribution in [-0.2, 0) is 9.53 Å². The monoisotopic (exact) mass is 187 g/mol. The van der Waals surface area contributed by atoms with Gasteiger partial charge in [0.25, 0.3) is 0 Å². The Morgan fingerprint density at radius 1 is 1.38 bits per heavy atom. The molecule has 1 atom stereocenters. The lowest BCUT2D eigenvalue weighted by Gasteiger charge is -2.08. The number of hydrogen-bond acceptors (Lipinski definition) is 3. The van der Waals surface area contributed by atoms with E-state index in [-0.39, 0.29) is 18.4 Å². The van der Waals surface area contributed by atoms with Crippen LogP contribution in [0, 0.1) is 0 Å². The predicted molar refractivity (Wildman–Crippen MR) is 53.6 cm³/mol. The fourth-order valence-electron chi connectivity index (χ4n) is 1.15. The molecule has 78 valence electrons.